The van der Waals surface area contributed by atoms with E-state index in [-0.39, 0.29) is 26.5 Å². The third kappa shape index (κ3) is 4.75. The molecule has 0 heterocycles. The lowest BCUT2D eigenvalue weighted by Crippen LogP contribution is -2.29. The molecule has 0 bridgehead atoms. The zero-order chi connectivity index (χ0) is 17.9. The maximum absolute atomic E-state index is 12.3. The Kier molecular flexibility index (Phi) is 5.95. The molecule has 0 saturated heterocycles. The van der Waals surface area contributed by atoms with Crippen molar-refractivity contribution in [3.63, 3.8) is 0 Å². The van der Waals surface area contributed by atoms with Crippen molar-refractivity contribution in [2.24, 2.45) is 0 Å². The Labute approximate surface area is 154 Å². The van der Waals surface area contributed by atoms with Crippen LogP contribution in [0.15, 0.2) is 41.3 Å². The van der Waals surface area contributed by atoms with Crippen molar-refractivity contribution in [3.05, 3.63) is 51.5 Å². The molecule has 0 fully saturated rings. The van der Waals surface area contributed by atoms with Gasteiger partial charge in [0.05, 0.1) is 20.6 Å². The average molecular weight is 409 g/mol. The summed E-state index contributed by atoms with van der Waals surface area (Å²) in [5.74, 6) is -0.252. The second-order valence-electron chi connectivity index (χ2n) is 4.68. The van der Waals surface area contributed by atoms with Crippen LogP contribution in [-0.4, -0.2) is 14.3 Å². The Hall–Kier alpha value is -1.51. The van der Waals surface area contributed by atoms with Crippen LogP contribution in [0.3, 0.4) is 0 Å². The first-order valence-corrected chi connectivity index (χ1v) is 9.11. The molecule has 0 atom stereocenters. The van der Waals surface area contributed by atoms with Crippen molar-refractivity contribution in [1.29, 1.82) is 0 Å². The van der Waals surface area contributed by atoms with Crippen LogP contribution in [0.1, 0.15) is 6.92 Å². The average Bonchev–Trinajstić information content (AvgIpc) is 2.45. The predicted octanol–water partition coefficient (Wildman–Crippen LogP) is 3.91. The number of halogens is 3. The highest BCUT2D eigenvalue weighted by molar-refractivity contribution is 7.89. The number of anilines is 2. The molecule has 10 heteroatoms. The highest BCUT2D eigenvalue weighted by Gasteiger charge is 2.16. The Balaban J connectivity index is 2.16. The van der Waals surface area contributed by atoms with Crippen molar-refractivity contribution in [2.45, 2.75) is 11.8 Å². The van der Waals surface area contributed by atoms with Gasteiger partial charge in [-0.25, -0.2) is 8.42 Å². The first-order valence-electron chi connectivity index (χ1n) is 6.49. The third-order valence-electron chi connectivity index (χ3n) is 2.80. The van der Waals surface area contributed by atoms with Crippen LogP contribution in [0.2, 0.25) is 15.1 Å². The molecule has 0 radical (unpaired) electrons. The van der Waals surface area contributed by atoms with Gasteiger partial charge in [-0.05, 0) is 36.4 Å². The van der Waals surface area contributed by atoms with Gasteiger partial charge in [-0.3, -0.25) is 4.79 Å². The number of sulfonamides is 1. The minimum Gasteiger partial charge on any atom is -0.326 e. The molecule has 24 heavy (non-hydrogen) atoms. The number of carbonyl (C=O) groups is 1. The lowest BCUT2D eigenvalue weighted by atomic mass is 10.3. The summed E-state index contributed by atoms with van der Waals surface area (Å²) in [7, 11) is -3.87. The summed E-state index contributed by atoms with van der Waals surface area (Å²) in [6.45, 7) is 1.36. The van der Waals surface area contributed by atoms with E-state index in [1.54, 1.807) is 0 Å². The Morgan fingerprint density at radius 1 is 1.00 bits per heavy atom. The fourth-order valence-corrected chi connectivity index (χ4v) is 3.52. The van der Waals surface area contributed by atoms with Gasteiger partial charge >= 0.3 is 0 Å². The van der Waals surface area contributed by atoms with E-state index in [0.717, 1.165) is 0 Å². The van der Waals surface area contributed by atoms with Gasteiger partial charge < -0.3 is 10.7 Å². The van der Waals surface area contributed by atoms with E-state index in [2.05, 4.69) is 15.6 Å². The van der Waals surface area contributed by atoms with Crippen LogP contribution >= 0.6 is 34.8 Å². The second kappa shape index (κ2) is 7.58. The van der Waals surface area contributed by atoms with E-state index in [4.69, 9.17) is 34.8 Å². The maximum atomic E-state index is 12.3. The van der Waals surface area contributed by atoms with Crippen molar-refractivity contribution in [1.82, 2.24) is 4.83 Å². The van der Waals surface area contributed by atoms with Gasteiger partial charge in [-0.15, -0.1) is 4.83 Å². The highest BCUT2D eigenvalue weighted by atomic mass is 35.5. The van der Waals surface area contributed by atoms with Crippen LogP contribution in [-0.2, 0) is 14.8 Å². The molecule has 0 aromatic heterocycles. The highest BCUT2D eigenvalue weighted by Crippen LogP contribution is 2.33. The predicted molar refractivity (Wildman–Crippen MR) is 96.2 cm³/mol. The summed E-state index contributed by atoms with van der Waals surface area (Å²) in [6, 6.07) is 8.48. The molecule has 0 spiro atoms. The first-order chi connectivity index (χ1) is 11.2. The van der Waals surface area contributed by atoms with Crippen LogP contribution in [0.5, 0.6) is 0 Å². The van der Waals surface area contributed by atoms with E-state index in [0.29, 0.717) is 10.7 Å². The standard InChI is InChI=1S/C14H12Cl3N3O3S/c1-8(21)18-10-2-4-11(5-3-10)24(22,23)20-19-14-12(16)6-9(15)7-13(14)17/h2-7,19-20H,1H3,(H,18,21). The van der Waals surface area contributed by atoms with Gasteiger partial charge in [-0.1, -0.05) is 34.8 Å². The summed E-state index contributed by atoms with van der Waals surface area (Å²) in [5.41, 5.74) is 3.13. The molecule has 128 valence electrons. The molecule has 3 N–H and O–H groups in total. The quantitative estimate of drug-likeness (QED) is 0.655. The molecule has 0 saturated carbocycles. The fraction of sp³-hybridized carbons (Fsp3) is 0.0714. The van der Waals surface area contributed by atoms with Crippen molar-refractivity contribution >= 4 is 62.1 Å². The second-order valence-corrected chi connectivity index (χ2v) is 7.61. The number of hydrogen-bond acceptors (Lipinski definition) is 4. The molecule has 2 rings (SSSR count). The van der Waals surface area contributed by atoms with Gasteiger partial charge in [-0.2, -0.15) is 0 Å². The molecular formula is C14H12Cl3N3O3S. The zero-order valence-electron chi connectivity index (χ0n) is 12.2. The molecule has 1 amide bonds. The first kappa shape index (κ1) is 18.8. The number of amides is 1. The Bertz CT molecular complexity index is 848. The molecule has 0 unspecified atom stereocenters. The van der Waals surface area contributed by atoms with E-state index < -0.39 is 10.0 Å². The number of hydrazine groups is 1. The number of carbonyl (C=O) groups excluding carboxylic acids is 1. The van der Waals surface area contributed by atoms with E-state index in [1.165, 1.54) is 43.3 Å². The summed E-state index contributed by atoms with van der Waals surface area (Å²) < 4.78 is 24.5. The van der Waals surface area contributed by atoms with Crippen LogP contribution < -0.4 is 15.6 Å². The SMILES string of the molecule is CC(=O)Nc1ccc(S(=O)(=O)NNc2c(Cl)cc(Cl)cc2Cl)cc1. The summed E-state index contributed by atoms with van der Waals surface area (Å²) >= 11 is 17.7. The lowest BCUT2D eigenvalue weighted by molar-refractivity contribution is -0.114. The minimum atomic E-state index is -3.87. The van der Waals surface area contributed by atoms with Gasteiger partial charge in [0, 0.05) is 17.6 Å². The van der Waals surface area contributed by atoms with Crippen molar-refractivity contribution < 1.29 is 13.2 Å². The molecule has 0 aliphatic heterocycles. The number of benzene rings is 2. The minimum absolute atomic E-state index is 0.00897. The summed E-state index contributed by atoms with van der Waals surface area (Å²) in [5, 5.41) is 3.20. The van der Waals surface area contributed by atoms with Gasteiger partial charge in [0.15, 0.2) is 0 Å². The van der Waals surface area contributed by atoms with Gasteiger partial charge in [0.1, 0.15) is 0 Å². The molecule has 0 aliphatic rings. The van der Waals surface area contributed by atoms with Gasteiger partial charge in [0.25, 0.3) is 10.0 Å². The molecule has 2 aromatic rings. The number of nitrogens with one attached hydrogen (secondary N) is 3. The monoisotopic (exact) mass is 407 g/mol. The van der Waals surface area contributed by atoms with Crippen molar-refractivity contribution in [2.75, 3.05) is 10.7 Å². The Morgan fingerprint density at radius 2 is 1.54 bits per heavy atom. The molecule has 6 nitrogen and oxygen atoms in total. The number of rotatable bonds is 5. The van der Waals surface area contributed by atoms with Gasteiger partial charge in [0.2, 0.25) is 5.91 Å². The maximum Gasteiger partial charge on any atom is 0.257 e. The van der Waals surface area contributed by atoms with E-state index >= 15 is 0 Å². The largest absolute Gasteiger partial charge is 0.326 e. The smallest absolute Gasteiger partial charge is 0.257 e. The van der Waals surface area contributed by atoms with E-state index in [1.807, 2.05) is 0 Å². The topological polar surface area (TPSA) is 87.3 Å². The molecular weight excluding hydrogens is 397 g/mol. The van der Waals surface area contributed by atoms with Crippen LogP contribution in [0.4, 0.5) is 11.4 Å². The lowest BCUT2D eigenvalue weighted by Gasteiger charge is -2.13. The fourth-order valence-electron chi connectivity index (χ4n) is 1.76. The van der Waals surface area contributed by atoms with Crippen molar-refractivity contribution in [3.8, 4) is 0 Å². The Morgan fingerprint density at radius 3 is 2.04 bits per heavy atom. The third-order valence-corrected chi connectivity index (χ3v) is 4.88. The molecule has 0 aliphatic carbocycles. The number of hydrogen-bond donors (Lipinski definition) is 3. The molecule has 2 aromatic carbocycles. The normalized spacial score (nSPS) is 11.2. The summed E-state index contributed by atoms with van der Waals surface area (Å²) in [4.78, 5) is 13.1. The summed E-state index contributed by atoms with van der Waals surface area (Å²) in [6.07, 6.45) is 0. The van der Waals surface area contributed by atoms with Crippen LogP contribution in [0.25, 0.3) is 0 Å². The van der Waals surface area contributed by atoms with E-state index in [9.17, 15) is 13.2 Å². The van der Waals surface area contributed by atoms with Crippen LogP contribution in [0, 0.1) is 0 Å². The zero-order valence-corrected chi connectivity index (χ0v) is 15.3.